The number of rotatable bonds is 4. The van der Waals surface area contributed by atoms with Crippen LogP contribution in [0.4, 0.5) is 0 Å². The van der Waals surface area contributed by atoms with Crippen molar-refractivity contribution >= 4 is 11.8 Å². The highest BCUT2D eigenvalue weighted by atomic mass is 16.5. The second-order valence-electron chi connectivity index (χ2n) is 7.15. The second kappa shape index (κ2) is 7.10. The van der Waals surface area contributed by atoms with Gasteiger partial charge in [0.15, 0.2) is 5.78 Å². The van der Waals surface area contributed by atoms with Crippen molar-refractivity contribution in [1.82, 2.24) is 0 Å². The summed E-state index contributed by atoms with van der Waals surface area (Å²) >= 11 is 0. The number of benzene rings is 1. The van der Waals surface area contributed by atoms with Crippen LogP contribution in [-0.2, 0) is 11.3 Å². The molecule has 0 N–H and O–H groups in total. The minimum absolute atomic E-state index is 0.134. The molecule has 2 aromatic rings. The molecule has 1 aliphatic carbocycles. The molecule has 0 radical (unpaired) electrons. The molecule has 1 aromatic heterocycles. The monoisotopic (exact) mass is 370 g/mol. The Kier molecular flexibility index (Phi) is 4.64. The molecule has 6 heteroatoms. The van der Waals surface area contributed by atoms with E-state index in [1.54, 1.807) is 30.3 Å². The molecule has 0 amide bonds. The maximum atomic E-state index is 12.6. The van der Waals surface area contributed by atoms with Crippen molar-refractivity contribution in [3.8, 4) is 11.5 Å². The zero-order chi connectivity index (χ0) is 18.9. The molecule has 1 saturated carbocycles. The van der Waals surface area contributed by atoms with Crippen molar-refractivity contribution in [2.24, 2.45) is 0 Å². The van der Waals surface area contributed by atoms with Gasteiger partial charge in [-0.05, 0) is 49.9 Å². The van der Waals surface area contributed by atoms with E-state index in [-0.39, 0.29) is 23.8 Å². The second-order valence-corrected chi connectivity index (χ2v) is 7.15. The Labute approximate surface area is 157 Å². The summed E-state index contributed by atoms with van der Waals surface area (Å²) in [5.41, 5.74) is 0.265. The Hall–Kier alpha value is -2.76. The van der Waals surface area contributed by atoms with Gasteiger partial charge >= 0.3 is 5.97 Å². The number of Topliss-reactive ketones (excluding diaryl/α,β-unsaturated/α-hetero) is 1. The van der Waals surface area contributed by atoms with Gasteiger partial charge in [-0.15, -0.1) is 0 Å². The first-order chi connectivity index (χ1) is 13.1. The molecule has 0 saturated heterocycles. The van der Waals surface area contributed by atoms with Crippen molar-refractivity contribution < 1.29 is 28.2 Å². The lowest BCUT2D eigenvalue weighted by molar-refractivity contribution is 0.0134. The summed E-state index contributed by atoms with van der Waals surface area (Å²) in [6, 6.07) is 8.49. The van der Waals surface area contributed by atoms with Gasteiger partial charge in [-0.3, -0.25) is 4.79 Å². The van der Waals surface area contributed by atoms with E-state index in [0.29, 0.717) is 29.2 Å². The van der Waals surface area contributed by atoms with Gasteiger partial charge in [0, 0.05) is 6.07 Å². The van der Waals surface area contributed by atoms with E-state index in [0.717, 1.165) is 25.7 Å². The van der Waals surface area contributed by atoms with Gasteiger partial charge in [-0.2, -0.15) is 0 Å². The number of hydrogen-bond acceptors (Lipinski definition) is 6. The number of fused-ring (bicyclic) bond motifs is 1. The van der Waals surface area contributed by atoms with Gasteiger partial charge < -0.3 is 18.6 Å². The summed E-state index contributed by atoms with van der Waals surface area (Å²) in [6.07, 6.45) is 5.70. The van der Waals surface area contributed by atoms with Crippen molar-refractivity contribution in [3.63, 3.8) is 0 Å². The van der Waals surface area contributed by atoms with Crippen LogP contribution < -0.4 is 9.47 Å². The van der Waals surface area contributed by atoms with Gasteiger partial charge in [-0.25, -0.2) is 4.79 Å². The SMILES string of the molecule is COC(=O)c1ccc(COc2ccc3c(c2)OC2(CCCCC2)CC3=O)o1. The molecular formula is C21H22O6. The minimum atomic E-state index is -0.528. The van der Waals surface area contributed by atoms with Crippen LogP contribution in [0.3, 0.4) is 0 Å². The lowest BCUT2D eigenvalue weighted by Gasteiger charge is -2.40. The van der Waals surface area contributed by atoms with E-state index < -0.39 is 5.97 Å². The Morgan fingerprint density at radius 3 is 2.74 bits per heavy atom. The fourth-order valence-electron chi connectivity index (χ4n) is 3.86. The van der Waals surface area contributed by atoms with E-state index in [1.807, 2.05) is 0 Å². The third-order valence-electron chi connectivity index (χ3n) is 5.26. The number of carbonyl (C=O) groups excluding carboxylic acids is 2. The average molecular weight is 370 g/mol. The molecule has 0 bridgehead atoms. The van der Waals surface area contributed by atoms with Crippen LogP contribution in [-0.4, -0.2) is 24.5 Å². The summed E-state index contributed by atoms with van der Waals surface area (Å²) in [7, 11) is 1.30. The van der Waals surface area contributed by atoms with Crippen molar-refractivity contribution in [1.29, 1.82) is 0 Å². The van der Waals surface area contributed by atoms with Crippen LogP contribution in [0.2, 0.25) is 0 Å². The third-order valence-corrected chi connectivity index (χ3v) is 5.26. The molecule has 6 nitrogen and oxygen atoms in total. The van der Waals surface area contributed by atoms with Gasteiger partial charge in [0.05, 0.1) is 19.1 Å². The summed E-state index contributed by atoms with van der Waals surface area (Å²) in [5, 5.41) is 0. The largest absolute Gasteiger partial charge is 0.486 e. The zero-order valence-electron chi connectivity index (χ0n) is 15.3. The standard InChI is InChI=1S/C21H22O6/c1-24-20(23)18-8-6-15(26-18)13-25-14-5-7-16-17(22)12-21(27-19(16)11-14)9-3-2-4-10-21/h5-8,11H,2-4,9-10,12-13H2,1H3. The smallest absolute Gasteiger partial charge is 0.373 e. The fourth-order valence-corrected chi connectivity index (χ4v) is 3.86. The first-order valence-electron chi connectivity index (χ1n) is 9.25. The summed E-state index contributed by atoms with van der Waals surface area (Å²) in [4.78, 5) is 24.0. The first-order valence-corrected chi connectivity index (χ1v) is 9.25. The molecular weight excluding hydrogens is 348 g/mol. The van der Waals surface area contributed by atoms with Crippen LogP contribution in [0.1, 0.15) is 65.2 Å². The Morgan fingerprint density at radius 2 is 1.96 bits per heavy atom. The number of carbonyl (C=O) groups is 2. The van der Waals surface area contributed by atoms with Gasteiger partial charge in [0.25, 0.3) is 0 Å². The summed E-state index contributed by atoms with van der Waals surface area (Å²) in [6.45, 7) is 0.162. The number of methoxy groups -OCH3 is 1. The zero-order valence-corrected chi connectivity index (χ0v) is 15.3. The topological polar surface area (TPSA) is 75.0 Å². The first kappa shape index (κ1) is 17.6. The van der Waals surface area contributed by atoms with Crippen molar-refractivity contribution in [2.75, 3.05) is 7.11 Å². The summed E-state index contributed by atoms with van der Waals surface area (Å²) in [5.74, 6) is 1.44. The van der Waals surface area contributed by atoms with Crippen LogP contribution >= 0.6 is 0 Å². The number of esters is 1. The number of furan rings is 1. The fraction of sp³-hybridized carbons (Fsp3) is 0.429. The molecule has 0 unspecified atom stereocenters. The van der Waals surface area contributed by atoms with E-state index in [9.17, 15) is 9.59 Å². The average Bonchev–Trinajstić information content (AvgIpc) is 3.15. The number of hydrogen-bond donors (Lipinski definition) is 0. The minimum Gasteiger partial charge on any atom is -0.486 e. The Balaban J connectivity index is 1.48. The maximum Gasteiger partial charge on any atom is 0.373 e. The third kappa shape index (κ3) is 3.56. The predicted molar refractivity (Wildman–Crippen MR) is 96.2 cm³/mol. The molecule has 27 heavy (non-hydrogen) atoms. The van der Waals surface area contributed by atoms with Crippen LogP contribution in [0.5, 0.6) is 11.5 Å². The quantitative estimate of drug-likeness (QED) is 0.747. The Morgan fingerprint density at radius 1 is 1.15 bits per heavy atom. The van der Waals surface area contributed by atoms with E-state index in [1.165, 1.54) is 13.5 Å². The van der Waals surface area contributed by atoms with E-state index >= 15 is 0 Å². The van der Waals surface area contributed by atoms with Gasteiger partial charge in [-0.1, -0.05) is 6.42 Å². The maximum absolute atomic E-state index is 12.6. The van der Waals surface area contributed by atoms with Crippen LogP contribution in [0, 0.1) is 0 Å². The molecule has 1 fully saturated rings. The summed E-state index contributed by atoms with van der Waals surface area (Å²) < 4.78 is 22.1. The Bertz CT molecular complexity index is 859. The van der Waals surface area contributed by atoms with Gasteiger partial charge in [0.1, 0.15) is 29.5 Å². The van der Waals surface area contributed by atoms with Crippen LogP contribution in [0.25, 0.3) is 0 Å². The molecule has 2 heterocycles. The van der Waals surface area contributed by atoms with Gasteiger partial charge in [0.2, 0.25) is 5.76 Å². The molecule has 2 aliphatic rings. The lowest BCUT2D eigenvalue weighted by Crippen LogP contribution is -2.43. The van der Waals surface area contributed by atoms with E-state index in [2.05, 4.69) is 4.74 Å². The molecule has 1 aliphatic heterocycles. The lowest BCUT2D eigenvalue weighted by atomic mass is 9.78. The normalized spacial score (nSPS) is 17.9. The molecule has 142 valence electrons. The highest BCUT2D eigenvalue weighted by Gasteiger charge is 2.41. The predicted octanol–water partition coefficient (Wildman–Crippen LogP) is 4.31. The van der Waals surface area contributed by atoms with Crippen LogP contribution in [0.15, 0.2) is 34.7 Å². The van der Waals surface area contributed by atoms with E-state index in [4.69, 9.17) is 13.9 Å². The molecule has 0 atom stereocenters. The highest BCUT2D eigenvalue weighted by Crippen LogP contribution is 2.42. The molecule has 4 rings (SSSR count). The number of ketones is 1. The van der Waals surface area contributed by atoms with Crippen molar-refractivity contribution in [3.05, 3.63) is 47.4 Å². The molecule has 1 aromatic carbocycles. The highest BCUT2D eigenvalue weighted by molar-refractivity contribution is 6.00. The number of ether oxygens (including phenoxy) is 3. The molecule has 1 spiro atoms. The van der Waals surface area contributed by atoms with Crippen molar-refractivity contribution in [2.45, 2.75) is 50.7 Å².